The highest BCUT2D eigenvalue weighted by molar-refractivity contribution is 9.10. The molecule has 1 saturated heterocycles. The Kier molecular flexibility index (Phi) is 5.02. The molecule has 0 aromatic heterocycles. The van der Waals surface area contributed by atoms with Gasteiger partial charge in [-0.2, -0.15) is 0 Å². The zero-order chi connectivity index (χ0) is 21.8. The minimum absolute atomic E-state index is 0.00336. The van der Waals surface area contributed by atoms with Gasteiger partial charge in [0.1, 0.15) is 5.75 Å². The summed E-state index contributed by atoms with van der Waals surface area (Å²) in [7, 11) is 0. The third-order valence-electron chi connectivity index (χ3n) is 6.73. The van der Waals surface area contributed by atoms with E-state index in [1.807, 2.05) is 29.2 Å². The first-order valence-corrected chi connectivity index (χ1v) is 11.5. The number of rotatable bonds is 3. The van der Waals surface area contributed by atoms with Gasteiger partial charge in [-0.3, -0.25) is 9.59 Å². The molecule has 0 saturated carbocycles. The van der Waals surface area contributed by atoms with Gasteiger partial charge in [-0.25, -0.2) is 0 Å². The van der Waals surface area contributed by atoms with Crippen LogP contribution in [0.2, 0.25) is 0 Å². The van der Waals surface area contributed by atoms with Gasteiger partial charge in [0.2, 0.25) is 0 Å². The fraction of sp³-hybridized carbons (Fsp3) is 0.360. The van der Waals surface area contributed by atoms with Crippen LogP contribution in [0.1, 0.15) is 40.9 Å². The van der Waals surface area contributed by atoms with Crippen molar-refractivity contribution in [3.63, 3.8) is 0 Å². The van der Waals surface area contributed by atoms with Gasteiger partial charge in [-0.1, -0.05) is 35.8 Å². The molecule has 2 aromatic rings. The number of ketones is 1. The Morgan fingerprint density at radius 2 is 1.87 bits per heavy atom. The zero-order valence-electron chi connectivity index (χ0n) is 17.8. The van der Waals surface area contributed by atoms with Crippen LogP contribution in [-0.2, 0) is 16.6 Å². The van der Waals surface area contributed by atoms with E-state index in [4.69, 9.17) is 4.74 Å². The SMILES string of the molecule is CC1(C)C2=C(C(=O)c3ccc(OCC(=O)N4CCNCC4)cc31)c1ccc(Br)cc1C2. The Morgan fingerprint density at radius 1 is 1.13 bits per heavy atom. The molecule has 2 aliphatic carbocycles. The average Bonchev–Trinajstić information content (AvgIpc) is 3.16. The molecule has 2 aromatic carbocycles. The van der Waals surface area contributed by atoms with Crippen molar-refractivity contribution in [2.75, 3.05) is 32.8 Å². The third kappa shape index (κ3) is 3.42. The molecule has 0 bridgehead atoms. The largest absolute Gasteiger partial charge is 0.484 e. The van der Waals surface area contributed by atoms with Crippen molar-refractivity contribution in [3.8, 4) is 5.75 Å². The van der Waals surface area contributed by atoms with Crippen LogP contribution >= 0.6 is 15.9 Å². The molecule has 5 nitrogen and oxygen atoms in total. The predicted molar refractivity (Wildman–Crippen MR) is 124 cm³/mol. The normalized spacial score (nSPS) is 19.1. The number of benzene rings is 2. The molecular weight excluding hydrogens is 456 g/mol. The molecule has 1 heterocycles. The molecule has 0 spiro atoms. The maximum Gasteiger partial charge on any atom is 0.260 e. The summed E-state index contributed by atoms with van der Waals surface area (Å²) in [6.45, 7) is 7.41. The fourth-order valence-electron chi connectivity index (χ4n) is 4.96. The summed E-state index contributed by atoms with van der Waals surface area (Å²) in [5.74, 6) is 0.704. The van der Waals surface area contributed by atoms with Crippen LogP contribution in [0.15, 0.2) is 46.4 Å². The average molecular weight is 481 g/mol. The number of carbonyl (C=O) groups excluding carboxylic acids is 2. The molecule has 0 radical (unpaired) electrons. The summed E-state index contributed by atoms with van der Waals surface area (Å²) in [4.78, 5) is 27.7. The molecule has 5 rings (SSSR count). The molecule has 3 aliphatic rings. The molecule has 31 heavy (non-hydrogen) atoms. The van der Waals surface area contributed by atoms with E-state index in [9.17, 15) is 9.59 Å². The Labute approximate surface area is 190 Å². The molecule has 0 atom stereocenters. The van der Waals surface area contributed by atoms with Crippen LogP contribution in [0.25, 0.3) is 5.57 Å². The van der Waals surface area contributed by atoms with E-state index in [-0.39, 0.29) is 23.7 Å². The number of allylic oxidation sites excluding steroid dienone is 2. The third-order valence-corrected chi connectivity index (χ3v) is 7.22. The number of Topliss-reactive ketones (excluding diaryl/α,β-unsaturated/α-hetero) is 1. The summed E-state index contributed by atoms with van der Waals surface area (Å²) in [6.07, 6.45) is 0.773. The van der Waals surface area contributed by atoms with E-state index in [1.54, 1.807) is 6.07 Å². The Hall–Kier alpha value is -2.44. The quantitative estimate of drug-likeness (QED) is 0.726. The van der Waals surface area contributed by atoms with E-state index in [2.05, 4.69) is 41.2 Å². The van der Waals surface area contributed by atoms with Gasteiger partial charge in [0.05, 0.1) is 0 Å². The first-order chi connectivity index (χ1) is 14.9. The van der Waals surface area contributed by atoms with Crippen LogP contribution < -0.4 is 10.1 Å². The van der Waals surface area contributed by atoms with Gasteiger partial charge in [0.15, 0.2) is 12.4 Å². The number of carbonyl (C=O) groups is 2. The molecule has 1 fully saturated rings. The van der Waals surface area contributed by atoms with Crippen molar-refractivity contribution in [3.05, 3.63) is 68.7 Å². The number of amides is 1. The first-order valence-electron chi connectivity index (χ1n) is 10.7. The predicted octanol–water partition coefficient (Wildman–Crippen LogP) is 3.74. The molecule has 1 amide bonds. The number of hydrogen-bond donors (Lipinski definition) is 1. The minimum atomic E-state index is -0.300. The van der Waals surface area contributed by atoms with E-state index < -0.39 is 0 Å². The van der Waals surface area contributed by atoms with Crippen LogP contribution in [0.5, 0.6) is 5.75 Å². The monoisotopic (exact) mass is 480 g/mol. The van der Waals surface area contributed by atoms with Gasteiger partial charge in [-0.15, -0.1) is 0 Å². The lowest BCUT2D eigenvalue weighted by molar-refractivity contribution is -0.133. The van der Waals surface area contributed by atoms with Crippen molar-refractivity contribution in [1.82, 2.24) is 10.2 Å². The highest BCUT2D eigenvalue weighted by Crippen LogP contribution is 2.50. The van der Waals surface area contributed by atoms with E-state index in [1.165, 1.54) is 5.56 Å². The smallest absolute Gasteiger partial charge is 0.260 e. The van der Waals surface area contributed by atoms with Gasteiger partial charge in [0.25, 0.3) is 5.91 Å². The summed E-state index contributed by atoms with van der Waals surface area (Å²) in [5.41, 5.74) is 5.63. The lowest BCUT2D eigenvalue weighted by Crippen LogP contribution is -2.47. The maximum absolute atomic E-state index is 13.4. The lowest BCUT2D eigenvalue weighted by Gasteiger charge is -2.34. The number of hydrogen-bond acceptors (Lipinski definition) is 4. The number of fused-ring (bicyclic) bond motifs is 3. The van der Waals surface area contributed by atoms with Crippen molar-refractivity contribution in [1.29, 1.82) is 0 Å². The van der Waals surface area contributed by atoms with Crippen molar-refractivity contribution in [2.45, 2.75) is 25.7 Å². The van der Waals surface area contributed by atoms with E-state index in [0.717, 1.165) is 51.8 Å². The lowest BCUT2D eigenvalue weighted by atomic mass is 9.68. The Morgan fingerprint density at radius 3 is 2.65 bits per heavy atom. The first kappa shape index (κ1) is 20.5. The van der Waals surface area contributed by atoms with Crippen LogP contribution in [0.3, 0.4) is 0 Å². The van der Waals surface area contributed by atoms with Gasteiger partial charge in [0, 0.05) is 47.2 Å². The molecular formula is C25H25BrN2O3. The number of nitrogens with zero attached hydrogens (tertiary/aromatic N) is 1. The highest BCUT2D eigenvalue weighted by atomic mass is 79.9. The van der Waals surface area contributed by atoms with Gasteiger partial charge < -0.3 is 15.0 Å². The molecule has 0 unspecified atom stereocenters. The summed E-state index contributed by atoms with van der Waals surface area (Å²) < 4.78 is 6.89. The molecule has 1 aliphatic heterocycles. The molecule has 6 heteroatoms. The van der Waals surface area contributed by atoms with Crippen molar-refractivity contribution >= 4 is 33.2 Å². The topological polar surface area (TPSA) is 58.6 Å². The number of ether oxygens (including phenoxy) is 1. The maximum atomic E-state index is 13.4. The van der Waals surface area contributed by atoms with Crippen molar-refractivity contribution < 1.29 is 14.3 Å². The Balaban J connectivity index is 1.42. The van der Waals surface area contributed by atoms with Gasteiger partial charge >= 0.3 is 0 Å². The molecule has 1 N–H and O–H groups in total. The second kappa shape index (κ2) is 7.61. The van der Waals surface area contributed by atoms with Crippen LogP contribution in [0.4, 0.5) is 0 Å². The van der Waals surface area contributed by atoms with Gasteiger partial charge in [-0.05, 0) is 59.0 Å². The number of halogens is 1. The van der Waals surface area contributed by atoms with E-state index in [0.29, 0.717) is 18.8 Å². The minimum Gasteiger partial charge on any atom is -0.484 e. The zero-order valence-corrected chi connectivity index (χ0v) is 19.3. The standard InChI is InChI=1S/C25H25BrN2O3/c1-25(2)20-13-17(31-14-22(29)28-9-7-27-8-10-28)4-6-19(20)24(30)23-18-5-3-16(26)11-15(18)12-21(23)25/h3-6,11,13,27H,7-10,12,14H2,1-2H3. The Bertz CT molecular complexity index is 1130. The summed E-state index contributed by atoms with van der Waals surface area (Å²) in [5, 5.41) is 3.25. The second-order valence-corrected chi connectivity index (χ2v) is 9.83. The number of piperazine rings is 1. The molecule has 160 valence electrons. The summed E-state index contributed by atoms with van der Waals surface area (Å²) in [6, 6.07) is 11.8. The second-order valence-electron chi connectivity index (χ2n) is 8.91. The van der Waals surface area contributed by atoms with Crippen LogP contribution in [-0.4, -0.2) is 49.4 Å². The highest BCUT2D eigenvalue weighted by Gasteiger charge is 2.42. The fourth-order valence-corrected chi connectivity index (χ4v) is 5.37. The summed E-state index contributed by atoms with van der Waals surface area (Å²) >= 11 is 3.55. The number of nitrogens with one attached hydrogen (secondary N) is 1. The van der Waals surface area contributed by atoms with E-state index >= 15 is 0 Å². The van der Waals surface area contributed by atoms with Crippen molar-refractivity contribution in [2.24, 2.45) is 0 Å². The van der Waals surface area contributed by atoms with Crippen LogP contribution in [0, 0.1) is 0 Å².